The van der Waals surface area contributed by atoms with Crippen LogP contribution in [0.5, 0.6) is 0 Å². The lowest BCUT2D eigenvalue weighted by Crippen LogP contribution is -2.37. The maximum atomic E-state index is 12.0. The van der Waals surface area contributed by atoms with Gasteiger partial charge in [-0.3, -0.25) is 10.1 Å². The Balaban J connectivity index is 1.93. The molecule has 0 unspecified atom stereocenters. The number of nitrogens with one attached hydrogen (secondary N) is 2. The molecule has 2 amide bonds. The number of anilines is 1. The van der Waals surface area contributed by atoms with Gasteiger partial charge in [-0.05, 0) is 23.8 Å². The Labute approximate surface area is 141 Å². The number of hydrogen-bond donors (Lipinski definition) is 2. The summed E-state index contributed by atoms with van der Waals surface area (Å²) >= 11 is 0. The van der Waals surface area contributed by atoms with Crippen LogP contribution >= 0.6 is 0 Å². The molecule has 2 rings (SSSR count). The standard InChI is InChI=1S/C18H24N4O2/c1-13(2)15(11-14-7-5-4-6-8-14)12-20-18(24)21-16-17(23)22(3)10-9-19-16/h4-10,13,15H,11-12H2,1-3H3,(H2,19,20,21,24)/t15-/m1/s1. The van der Waals surface area contributed by atoms with E-state index in [-0.39, 0.29) is 11.4 Å². The summed E-state index contributed by atoms with van der Waals surface area (Å²) in [5.74, 6) is 0.764. The first-order chi connectivity index (χ1) is 11.5. The number of carbonyl (C=O) groups is 1. The van der Waals surface area contributed by atoms with Crippen molar-refractivity contribution in [3.8, 4) is 0 Å². The van der Waals surface area contributed by atoms with E-state index in [2.05, 4.69) is 41.6 Å². The van der Waals surface area contributed by atoms with Gasteiger partial charge in [0.15, 0.2) is 0 Å². The largest absolute Gasteiger partial charge is 0.338 e. The number of amides is 2. The lowest BCUT2D eigenvalue weighted by Gasteiger charge is -2.21. The van der Waals surface area contributed by atoms with E-state index in [0.717, 1.165) is 6.42 Å². The van der Waals surface area contributed by atoms with Crippen molar-refractivity contribution < 1.29 is 4.79 Å². The minimum atomic E-state index is -0.412. The molecule has 1 heterocycles. The van der Waals surface area contributed by atoms with Gasteiger partial charge in [0.2, 0.25) is 5.82 Å². The third-order valence-electron chi connectivity index (χ3n) is 4.06. The van der Waals surface area contributed by atoms with Crippen molar-refractivity contribution in [3.63, 3.8) is 0 Å². The van der Waals surface area contributed by atoms with Gasteiger partial charge >= 0.3 is 6.03 Å². The monoisotopic (exact) mass is 328 g/mol. The van der Waals surface area contributed by atoms with E-state index in [9.17, 15) is 9.59 Å². The molecule has 0 aliphatic rings. The van der Waals surface area contributed by atoms with E-state index in [1.54, 1.807) is 13.2 Å². The van der Waals surface area contributed by atoms with E-state index in [0.29, 0.717) is 18.4 Å². The van der Waals surface area contributed by atoms with Gasteiger partial charge in [0.05, 0.1) is 0 Å². The molecule has 1 aromatic carbocycles. The van der Waals surface area contributed by atoms with Crippen molar-refractivity contribution in [2.75, 3.05) is 11.9 Å². The molecule has 0 saturated heterocycles. The first-order valence-corrected chi connectivity index (χ1v) is 8.07. The molecule has 0 bridgehead atoms. The van der Waals surface area contributed by atoms with Crippen LogP contribution in [0, 0.1) is 11.8 Å². The molecule has 1 atom stereocenters. The third-order valence-corrected chi connectivity index (χ3v) is 4.06. The van der Waals surface area contributed by atoms with Crippen LogP contribution in [0.25, 0.3) is 0 Å². The second kappa shape index (κ2) is 8.29. The Morgan fingerprint density at radius 2 is 1.96 bits per heavy atom. The minimum absolute atomic E-state index is 0.0293. The molecular weight excluding hydrogens is 304 g/mol. The molecule has 2 aromatic rings. The quantitative estimate of drug-likeness (QED) is 0.855. The van der Waals surface area contributed by atoms with Crippen LogP contribution in [-0.4, -0.2) is 22.1 Å². The summed E-state index contributed by atoms with van der Waals surface area (Å²) < 4.78 is 1.37. The number of aryl methyl sites for hydroxylation is 1. The summed E-state index contributed by atoms with van der Waals surface area (Å²) in [4.78, 5) is 27.8. The molecule has 0 aliphatic heterocycles. The van der Waals surface area contributed by atoms with Crippen LogP contribution < -0.4 is 16.2 Å². The van der Waals surface area contributed by atoms with E-state index in [4.69, 9.17) is 0 Å². The Morgan fingerprint density at radius 3 is 2.62 bits per heavy atom. The van der Waals surface area contributed by atoms with Crippen molar-refractivity contribution >= 4 is 11.8 Å². The molecule has 0 saturated carbocycles. The zero-order chi connectivity index (χ0) is 17.5. The number of nitrogens with zero attached hydrogens (tertiary/aromatic N) is 2. The van der Waals surface area contributed by atoms with Crippen molar-refractivity contribution in [1.29, 1.82) is 0 Å². The van der Waals surface area contributed by atoms with Gasteiger partial charge in [0.25, 0.3) is 5.56 Å². The fourth-order valence-corrected chi connectivity index (χ4v) is 2.42. The van der Waals surface area contributed by atoms with Crippen molar-refractivity contribution in [1.82, 2.24) is 14.9 Å². The predicted octanol–water partition coefficient (Wildman–Crippen LogP) is 2.42. The zero-order valence-corrected chi connectivity index (χ0v) is 14.3. The van der Waals surface area contributed by atoms with Crippen LogP contribution in [0.4, 0.5) is 10.6 Å². The topological polar surface area (TPSA) is 76.0 Å². The van der Waals surface area contributed by atoms with E-state index in [1.807, 2.05) is 18.2 Å². The first-order valence-electron chi connectivity index (χ1n) is 8.07. The highest BCUT2D eigenvalue weighted by molar-refractivity contribution is 5.87. The van der Waals surface area contributed by atoms with Gasteiger partial charge in [0.1, 0.15) is 0 Å². The lowest BCUT2D eigenvalue weighted by molar-refractivity contribution is 0.247. The maximum absolute atomic E-state index is 12.0. The van der Waals surface area contributed by atoms with Crippen molar-refractivity contribution in [2.24, 2.45) is 18.9 Å². The summed E-state index contributed by atoms with van der Waals surface area (Å²) in [6.07, 6.45) is 3.91. The summed E-state index contributed by atoms with van der Waals surface area (Å²) in [6.45, 7) is 4.81. The molecule has 0 spiro atoms. The van der Waals surface area contributed by atoms with E-state index < -0.39 is 6.03 Å². The van der Waals surface area contributed by atoms with E-state index >= 15 is 0 Å². The van der Waals surface area contributed by atoms with Crippen molar-refractivity contribution in [3.05, 3.63) is 58.6 Å². The molecule has 2 N–H and O–H groups in total. The molecule has 128 valence electrons. The number of rotatable bonds is 6. The van der Waals surface area contributed by atoms with Gasteiger partial charge < -0.3 is 9.88 Å². The summed E-state index contributed by atoms with van der Waals surface area (Å²) in [5.41, 5.74) is 0.911. The Morgan fingerprint density at radius 1 is 1.25 bits per heavy atom. The molecule has 0 radical (unpaired) electrons. The fraction of sp³-hybridized carbons (Fsp3) is 0.389. The summed E-state index contributed by atoms with van der Waals surface area (Å²) in [6, 6.07) is 9.80. The molecule has 6 heteroatoms. The summed E-state index contributed by atoms with van der Waals surface area (Å²) in [5, 5.41) is 5.36. The molecule has 24 heavy (non-hydrogen) atoms. The highest BCUT2D eigenvalue weighted by Crippen LogP contribution is 2.16. The molecular formula is C18H24N4O2. The van der Waals surface area contributed by atoms with Crippen LogP contribution in [0.15, 0.2) is 47.5 Å². The van der Waals surface area contributed by atoms with Gasteiger partial charge in [-0.1, -0.05) is 44.2 Å². The average molecular weight is 328 g/mol. The van der Waals surface area contributed by atoms with Crippen LogP contribution in [-0.2, 0) is 13.5 Å². The van der Waals surface area contributed by atoms with Crippen molar-refractivity contribution in [2.45, 2.75) is 20.3 Å². The minimum Gasteiger partial charge on any atom is -0.338 e. The number of carbonyl (C=O) groups excluding carboxylic acids is 1. The van der Waals surface area contributed by atoms with Crippen LogP contribution in [0.2, 0.25) is 0 Å². The number of urea groups is 1. The lowest BCUT2D eigenvalue weighted by atomic mass is 9.89. The van der Waals surface area contributed by atoms with Crippen LogP contribution in [0.3, 0.4) is 0 Å². The number of hydrogen-bond acceptors (Lipinski definition) is 3. The normalized spacial score (nSPS) is 12.0. The highest BCUT2D eigenvalue weighted by atomic mass is 16.2. The molecule has 1 aromatic heterocycles. The molecule has 0 fully saturated rings. The number of benzene rings is 1. The summed E-state index contributed by atoms with van der Waals surface area (Å²) in [7, 11) is 1.61. The second-order valence-electron chi connectivity index (χ2n) is 6.22. The SMILES string of the molecule is CC(C)[C@@H](CNC(=O)Nc1nccn(C)c1=O)Cc1ccccc1. The zero-order valence-electron chi connectivity index (χ0n) is 14.3. The Bertz CT molecular complexity index is 725. The highest BCUT2D eigenvalue weighted by Gasteiger charge is 2.16. The van der Waals surface area contributed by atoms with Crippen LogP contribution in [0.1, 0.15) is 19.4 Å². The van der Waals surface area contributed by atoms with Gasteiger partial charge in [0, 0.05) is 26.0 Å². The molecule has 0 aliphatic carbocycles. The van der Waals surface area contributed by atoms with E-state index in [1.165, 1.54) is 16.3 Å². The predicted molar refractivity (Wildman–Crippen MR) is 95.0 cm³/mol. The Hall–Kier alpha value is -2.63. The molecule has 6 nitrogen and oxygen atoms in total. The smallest absolute Gasteiger partial charge is 0.320 e. The Kier molecular flexibility index (Phi) is 6.12. The van der Waals surface area contributed by atoms with Gasteiger partial charge in [-0.2, -0.15) is 0 Å². The van der Waals surface area contributed by atoms with Gasteiger partial charge in [-0.15, -0.1) is 0 Å². The number of aromatic nitrogens is 2. The third kappa shape index (κ3) is 4.94. The first kappa shape index (κ1) is 17.7. The fourth-order valence-electron chi connectivity index (χ4n) is 2.42. The van der Waals surface area contributed by atoms with Gasteiger partial charge in [-0.25, -0.2) is 9.78 Å². The second-order valence-corrected chi connectivity index (χ2v) is 6.22. The maximum Gasteiger partial charge on any atom is 0.320 e. The average Bonchev–Trinajstić information content (AvgIpc) is 2.56.